The zero-order chi connectivity index (χ0) is 7.28. The third-order valence-electron chi connectivity index (χ3n) is 0.915. The molecule has 0 fully saturated rings. The van der Waals surface area contributed by atoms with Gasteiger partial charge in [0.1, 0.15) is 0 Å². The van der Waals surface area contributed by atoms with Gasteiger partial charge in [0.05, 0.1) is 5.38 Å². The largest absolute Gasteiger partial charge is 0.313 e. The maximum Gasteiger partial charge on any atom is 0.0595 e. The molecule has 0 aliphatic rings. The summed E-state index contributed by atoms with van der Waals surface area (Å²) in [6.07, 6.45) is 0. The molecule has 0 heterocycles. The molecule has 0 radical (unpaired) electrons. The Morgan fingerprint density at radius 1 is 1.44 bits per heavy atom. The molecular formula is C6H13Cl2N. The molecule has 9 heavy (non-hydrogen) atoms. The van der Waals surface area contributed by atoms with Gasteiger partial charge in [0.15, 0.2) is 0 Å². The van der Waals surface area contributed by atoms with Crippen LogP contribution in [0.4, 0.5) is 0 Å². The second-order valence-electron chi connectivity index (χ2n) is 2.31. The summed E-state index contributed by atoms with van der Waals surface area (Å²) in [6.45, 7) is 4.96. The van der Waals surface area contributed by atoms with Crippen molar-refractivity contribution in [2.75, 3.05) is 12.4 Å². The number of alkyl halides is 2. The fourth-order valence-electron chi connectivity index (χ4n) is 0.418. The highest BCUT2D eigenvalue weighted by atomic mass is 35.5. The molecule has 1 atom stereocenters. The van der Waals surface area contributed by atoms with Crippen LogP contribution in [0.1, 0.15) is 13.8 Å². The number of hydrogen-bond acceptors (Lipinski definition) is 1. The Hall–Kier alpha value is 0.540. The molecule has 1 unspecified atom stereocenters. The summed E-state index contributed by atoms with van der Waals surface area (Å²) in [6, 6.07) is 0.495. The highest BCUT2D eigenvalue weighted by Crippen LogP contribution is 1.96. The van der Waals surface area contributed by atoms with E-state index < -0.39 is 0 Å². The van der Waals surface area contributed by atoms with Crippen LogP contribution in [0.25, 0.3) is 0 Å². The minimum absolute atomic E-state index is 0.0640. The Bertz CT molecular complexity index is 66.1. The summed E-state index contributed by atoms with van der Waals surface area (Å²) in [5.74, 6) is 0.515. The van der Waals surface area contributed by atoms with Crippen LogP contribution >= 0.6 is 23.2 Å². The monoisotopic (exact) mass is 169 g/mol. The molecule has 0 spiro atoms. The Labute approximate surface area is 66.7 Å². The average molecular weight is 170 g/mol. The van der Waals surface area contributed by atoms with E-state index in [2.05, 4.69) is 19.2 Å². The standard InChI is InChI=1S/C6H13Cl2N/c1-5(2)9-4-6(8)3-7/h5-6,9H,3-4H2,1-2H3. The molecule has 0 aromatic carbocycles. The van der Waals surface area contributed by atoms with Crippen LogP contribution in [0.2, 0.25) is 0 Å². The molecule has 0 aromatic rings. The van der Waals surface area contributed by atoms with Gasteiger partial charge in [-0.2, -0.15) is 0 Å². The minimum atomic E-state index is 0.0640. The molecule has 3 heteroatoms. The van der Waals surface area contributed by atoms with Crippen LogP contribution in [0.3, 0.4) is 0 Å². The van der Waals surface area contributed by atoms with E-state index in [1.807, 2.05) is 0 Å². The predicted octanol–water partition coefficient (Wildman–Crippen LogP) is 1.83. The number of nitrogens with one attached hydrogen (secondary N) is 1. The van der Waals surface area contributed by atoms with Gasteiger partial charge in [0.2, 0.25) is 0 Å². The highest BCUT2D eigenvalue weighted by Gasteiger charge is 2.01. The summed E-state index contributed by atoms with van der Waals surface area (Å²) in [4.78, 5) is 0. The van der Waals surface area contributed by atoms with E-state index in [1.54, 1.807) is 0 Å². The molecule has 0 amide bonds. The lowest BCUT2D eigenvalue weighted by Gasteiger charge is -2.09. The van der Waals surface area contributed by atoms with Crippen LogP contribution in [-0.2, 0) is 0 Å². The van der Waals surface area contributed by atoms with Crippen molar-refractivity contribution < 1.29 is 0 Å². The van der Waals surface area contributed by atoms with Gasteiger partial charge in [-0.3, -0.25) is 0 Å². The van der Waals surface area contributed by atoms with Gasteiger partial charge in [-0.05, 0) is 0 Å². The number of hydrogen-bond donors (Lipinski definition) is 1. The summed E-state index contributed by atoms with van der Waals surface area (Å²) < 4.78 is 0. The van der Waals surface area contributed by atoms with E-state index in [1.165, 1.54) is 0 Å². The fourth-order valence-corrected chi connectivity index (χ4v) is 0.616. The third kappa shape index (κ3) is 6.42. The molecule has 1 N–H and O–H groups in total. The molecule has 0 bridgehead atoms. The van der Waals surface area contributed by atoms with E-state index in [4.69, 9.17) is 23.2 Å². The highest BCUT2D eigenvalue weighted by molar-refractivity contribution is 6.28. The van der Waals surface area contributed by atoms with Crippen molar-refractivity contribution in [2.45, 2.75) is 25.3 Å². The molecule has 0 aromatic heterocycles. The SMILES string of the molecule is CC(C)NCC(Cl)CCl. The van der Waals surface area contributed by atoms with Crippen molar-refractivity contribution in [3.8, 4) is 0 Å². The number of rotatable bonds is 4. The summed E-state index contributed by atoms with van der Waals surface area (Å²) in [5.41, 5.74) is 0. The van der Waals surface area contributed by atoms with Gasteiger partial charge < -0.3 is 5.32 Å². The summed E-state index contributed by atoms with van der Waals surface area (Å²) >= 11 is 11.2. The van der Waals surface area contributed by atoms with Gasteiger partial charge in [-0.25, -0.2) is 0 Å². The van der Waals surface area contributed by atoms with Crippen molar-refractivity contribution in [1.82, 2.24) is 5.32 Å². The van der Waals surface area contributed by atoms with Crippen molar-refractivity contribution in [2.24, 2.45) is 0 Å². The second-order valence-corrected chi connectivity index (χ2v) is 3.24. The zero-order valence-electron chi connectivity index (χ0n) is 5.82. The lowest BCUT2D eigenvalue weighted by atomic mass is 10.3. The van der Waals surface area contributed by atoms with E-state index >= 15 is 0 Å². The Morgan fingerprint density at radius 3 is 2.33 bits per heavy atom. The Morgan fingerprint density at radius 2 is 2.00 bits per heavy atom. The molecule has 56 valence electrons. The topological polar surface area (TPSA) is 12.0 Å². The normalized spacial score (nSPS) is 14.3. The van der Waals surface area contributed by atoms with Gasteiger partial charge in [-0.1, -0.05) is 13.8 Å². The van der Waals surface area contributed by atoms with Crippen molar-refractivity contribution in [1.29, 1.82) is 0 Å². The molecule has 0 aliphatic heterocycles. The van der Waals surface area contributed by atoms with Crippen LogP contribution < -0.4 is 5.32 Å². The first kappa shape index (κ1) is 9.54. The Kier molecular flexibility index (Phi) is 5.65. The van der Waals surface area contributed by atoms with Crippen molar-refractivity contribution in [3.05, 3.63) is 0 Å². The van der Waals surface area contributed by atoms with Gasteiger partial charge in [0, 0.05) is 18.5 Å². The molecular weight excluding hydrogens is 157 g/mol. The second kappa shape index (κ2) is 5.33. The van der Waals surface area contributed by atoms with Crippen molar-refractivity contribution in [3.63, 3.8) is 0 Å². The van der Waals surface area contributed by atoms with Crippen LogP contribution in [0, 0.1) is 0 Å². The minimum Gasteiger partial charge on any atom is -0.313 e. The van der Waals surface area contributed by atoms with Gasteiger partial charge >= 0.3 is 0 Å². The van der Waals surface area contributed by atoms with E-state index in [-0.39, 0.29) is 5.38 Å². The first-order valence-electron chi connectivity index (χ1n) is 3.10. The first-order valence-corrected chi connectivity index (χ1v) is 4.07. The Balaban J connectivity index is 3.06. The predicted molar refractivity (Wildman–Crippen MR) is 43.5 cm³/mol. The van der Waals surface area contributed by atoms with Crippen LogP contribution in [0.15, 0.2) is 0 Å². The molecule has 0 aliphatic carbocycles. The fraction of sp³-hybridized carbons (Fsp3) is 1.00. The van der Waals surface area contributed by atoms with Crippen LogP contribution in [0.5, 0.6) is 0 Å². The van der Waals surface area contributed by atoms with Crippen molar-refractivity contribution >= 4 is 23.2 Å². The van der Waals surface area contributed by atoms with Crippen LogP contribution in [-0.4, -0.2) is 23.8 Å². The molecule has 0 saturated carbocycles. The summed E-state index contributed by atoms with van der Waals surface area (Å²) in [7, 11) is 0. The first-order chi connectivity index (χ1) is 4.16. The quantitative estimate of drug-likeness (QED) is 0.634. The van der Waals surface area contributed by atoms with E-state index in [0.717, 1.165) is 6.54 Å². The average Bonchev–Trinajstić information content (AvgIpc) is 1.83. The third-order valence-corrected chi connectivity index (χ3v) is 1.75. The summed E-state index contributed by atoms with van der Waals surface area (Å²) in [5, 5.41) is 3.24. The molecule has 0 rings (SSSR count). The van der Waals surface area contributed by atoms with Gasteiger partial charge in [0.25, 0.3) is 0 Å². The molecule has 1 nitrogen and oxygen atoms in total. The van der Waals surface area contributed by atoms with E-state index in [0.29, 0.717) is 11.9 Å². The number of halogens is 2. The zero-order valence-corrected chi connectivity index (χ0v) is 7.34. The van der Waals surface area contributed by atoms with E-state index in [9.17, 15) is 0 Å². The lowest BCUT2D eigenvalue weighted by molar-refractivity contribution is 0.588. The smallest absolute Gasteiger partial charge is 0.0595 e. The van der Waals surface area contributed by atoms with Gasteiger partial charge in [-0.15, -0.1) is 23.2 Å². The maximum absolute atomic E-state index is 5.71. The lowest BCUT2D eigenvalue weighted by Crippen LogP contribution is -2.30. The molecule has 0 saturated heterocycles. The maximum atomic E-state index is 5.71.